The Bertz CT molecular complexity index is 1500. The number of carbonyl (C=O) groups is 2. The quantitative estimate of drug-likeness (QED) is 0.0195. The highest BCUT2D eigenvalue weighted by Crippen LogP contribution is 2.26. The van der Waals surface area contributed by atoms with Crippen LogP contribution in [0.15, 0.2) is 60.8 Å². The van der Waals surface area contributed by atoms with Crippen LogP contribution in [-0.4, -0.2) is 99.6 Å². The summed E-state index contributed by atoms with van der Waals surface area (Å²) >= 11 is 0. The number of hydrogen-bond donors (Lipinski definition) is 6. The average molecular weight is 1100 g/mol. The van der Waals surface area contributed by atoms with E-state index in [-0.39, 0.29) is 19.4 Å². The van der Waals surface area contributed by atoms with Crippen molar-refractivity contribution in [3.05, 3.63) is 60.8 Å². The zero-order valence-electron chi connectivity index (χ0n) is 50.3. The number of aliphatic hydroxyl groups is 5. The number of amides is 1. The Labute approximate surface area is 478 Å². The Morgan fingerprint density at radius 2 is 0.885 bits per heavy atom. The molecule has 454 valence electrons. The first-order valence-corrected chi connectivity index (χ1v) is 32.6. The first-order chi connectivity index (χ1) is 38.2. The maximum atomic E-state index is 13.4. The maximum absolute atomic E-state index is 13.4. The SMILES string of the molecule is CCCCC/C=C\C/C=C\C/C=C\C/C=C\CCCC(=O)OC1C(OCC(NC(=O)C(O)CCCCCCCCCCCCCCCCCCCCCC)C(O)/C=C/CCCCCCCCCCCC)OC(CO)C(O)C1O. The van der Waals surface area contributed by atoms with Gasteiger partial charge in [0.15, 0.2) is 12.4 Å². The van der Waals surface area contributed by atoms with Gasteiger partial charge < -0.3 is 45.1 Å². The number of aliphatic hydroxyl groups excluding tert-OH is 5. The first-order valence-electron chi connectivity index (χ1n) is 32.6. The third kappa shape index (κ3) is 42.2. The van der Waals surface area contributed by atoms with Crippen molar-refractivity contribution >= 4 is 11.9 Å². The molecule has 1 aliphatic heterocycles. The van der Waals surface area contributed by atoms with Gasteiger partial charge >= 0.3 is 5.97 Å². The summed E-state index contributed by atoms with van der Waals surface area (Å²) in [6.07, 6.45) is 58.4. The van der Waals surface area contributed by atoms with Gasteiger partial charge in [-0.05, 0) is 64.2 Å². The summed E-state index contributed by atoms with van der Waals surface area (Å²) in [6, 6.07) is -1.03. The number of nitrogens with one attached hydrogen (secondary N) is 1. The zero-order valence-corrected chi connectivity index (χ0v) is 50.3. The van der Waals surface area contributed by atoms with Crippen molar-refractivity contribution in [2.45, 2.75) is 339 Å². The molecule has 1 heterocycles. The molecule has 6 N–H and O–H groups in total. The van der Waals surface area contributed by atoms with Crippen molar-refractivity contribution in [3.8, 4) is 0 Å². The van der Waals surface area contributed by atoms with E-state index >= 15 is 0 Å². The van der Waals surface area contributed by atoms with Crippen LogP contribution in [0.3, 0.4) is 0 Å². The molecule has 0 aromatic rings. The van der Waals surface area contributed by atoms with Gasteiger partial charge in [0.1, 0.15) is 24.4 Å². The van der Waals surface area contributed by atoms with Gasteiger partial charge in [-0.2, -0.15) is 0 Å². The summed E-state index contributed by atoms with van der Waals surface area (Å²) in [5, 5.41) is 57.0. The molecule has 0 bridgehead atoms. The van der Waals surface area contributed by atoms with Crippen LogP contribution in [0.4, 0.5) is 0 Å². The van der Waals surface area contributed by atoms with Crippen LogP contribution in [0.2, 0.25) is 0 Å². The highest BCUT2D eigenvalue weighted by atomic mass is 16.7. The lowest BCUT2D eigenvalue weighted by molar-refractivity contribution is -0.305. The molecule has 1 amide bonds. The fourth-order valence-electron chi connectivity index (χ4n) is 10.00. The van der Waals surface area contributed by atoms with E-state index in [1.165, 1.54) is 173 Å². The van der Waals surface area contributed by atoms with Crippen LogP contribution in [0.1, 0.15) is 290 Å². The summed E-state index contributed by atoms with van der Waals surface area (Å²) in [4.78, 5) is 26.5. The van der Waals surface area contributed by atoms with Crippen molar-refractivity contribution in [1.82, 2.24) is 5.32 Å². The minimum Gasteiger partial charge on any atom is -0.454 e. The Balaban J connectivity index is 2.67. The zero-order chi connectivity index (χ0) is 56.8. The monoisotopic (exact) mass is 1100 g/mol. The molecule has 1 fully saturated rings. The average Bonchev–Trinajstić information content (AvgIpc) is 3.45. The van der Waals surface area contributed by atoms with Crippen LogP contribution < -0.4 is 5.32 Å². The molecule has 0 aliphatic carbocycles. The van der Waals surface area contributed by atoms with Gasteiger partial charge in [-0.1, -0.05) is 281 Å². The maximum Gasteiger partial charge on any atom is 0.306 e. The summed E-state index contributed by atoms with van der Waals surface area (Å²) in [7, 11) is 0. The van der Waals surface area contributed by atoms with Crippen LogP contribution in [0, 0.1) is 0 Å². The fourth-order valence-corrected chi connectivity index (χ4v) is 10.00. The summed E-state index contributed by atoms with van der Waals surface area (Å²) in [5.74, 6) is -1.25. The molecule has 1 saturated heterocycles. The number of ether oxygens (including phenoxy) is 3. The molecule has 11 nitrogen and oxygen atoms in total. The third-order valence-electron chi connectivity index (χ3n) is 15.2. The fraction of sp³-hybridized carbons (Fsp3) is 0.821. The summed E-state index contributed by atoms with van der Waals surface area (Å²) in [6.45, 7) is 5.75. The molecule has 0 aromatic carbocycles. The molecule has 8 atom stereocenters. The molecule has 11 heteroatoms. The number of rotatable bonds is 55. The van der Waals surface area contributed by atoms with Gasteiger partial charge in [-0.3, -0.25) is 9.59 Å². The van der Waals surface area contributed by atoms with E-state index in [1.807, 2.05) is 12.2 Å². The smallest absolute Gasteiger partial charge is 0.306 e. The number of unbranched alkanes of at least 4 members (excludes halogenated alkanes) is 33. The predicted octanol–water partition coefficient (Wildman–Crippen LogP) is 15.8. The Hall–Kier alpha value is -2.64. The van der Waals surface area contributed by atoms with E-state index in [0.717, 1.165) is 64.2 Å². The van der Waals surface area contributed by atoms with E-state index in [0.29, 0.717) is 19.3 Å². The van der Waals surface area contributed by atoms with E-state index in [4.69, 9.17) is 14.2 Å². The second kappa shape index (κ2) is 54.9. The minimum absolute atomic E-state index is 0.0478. The van der Waals surface area contributed by atoms with Crippen LogP contribution in [-0.2, 0) is 23.8 Å². The summed E-state index contributed by atoms with van der Waals surface area (Å²) < 4.78 is 17.6. The lowest BCUT2D eigenvalue weighted by atomic mass is 9.99. The number of hydrogen-bond acceptors (Lipinski definition) is 10. The number of esters is 1. The molecule has 1 aliphatic rings. The molecular formula is C67H121NO10. The highest BCUT2D eigenvalue weighted by Gasteiger charge is 2.47. The van der Waals surface area contributed by atoms with Gasteiger partial charge in [0, 0.05) is 6.42 Å². The summed E-state index contributed by atoms with van der Waals surface area (Å²) in [5.41, 5.74) is 0. The molecule has 0 radical (unpaired) electrons. The van der Waals surface area contributed by atoms with Crippen molar-refractivity contribution in [3.63, 3.8) is 0 Å². The third-order valence-corrected chi connectivity index (χ3v) is 15.2. The van der Waals surface area contributed by atoms with Gasteiger partial charge in [0.05, 0.1) is 25.4 Å². The van der Waals surface area contributed by atoms with Crippen molar-refractivity contribution < 1.29 is 49.3 Å². The molecule has 78 heavy (non-hydrogen) atoms. The van der Waals surface area contributed by atoms with Gasteiger partial charge in [0.25, 0.3) is 0 Å². The van der Waals surface area contributed by atoms with E-state index < -0.39 is 67.4 Å². The van der Waals surface area contributed by atoms with E-state index in [1.54, 1.807) is 6.08 Å². The van der Waals surface area contributed by atoms with Crippen molar-refractivity contribution in [1.29, 1.82) is 0 Å². The Morgan fingerprint density at radius 3 is 1.35 bits per heavy atom. The van der Waals surface area contributed by atoms with Crippen molar-refractivity contribution in [2.24, 2.45) is 0 Å². The largest absolute Gasteiger partial charge is 0.454 e. The lowest BCUT2D eigenvalue weighted by Gasteiger charge is -2.41. The molecular weight excluding hydrogens is 979 g/mol. The van der Waals surface area contributed by atoms with Crippen molar-refractivity contribution in [2.75, 3.05) is 13.2 Å². The van der Waals surface area contributed by atoms with E-state index in [9.17, 15) is 35.1 Å². The van der Waals surface area contributed by atoms with Gasteiger partial charge in [-0.25, -0.2) is 0 Å². The normalized spacial score (nSPS) is 19.3. The van der Waals surface area contributed by atoms with Crippen LogP contribution in [0.5, 0.6) is 0 Å². The molecule has 8 unspecified atom stereocenters. The first kappa shape index (κ1) is 73.4. The van der Waals surface area contributed by atoms with Gasteiger partial charge in [-0.15, -0.1) is 0 Å². The number of allylic oxidation sites excluding steroid dienone is 9. The van der Waals surface area contributed by atoms with Crippen LogP contribution >= 0.6 is 0 Å². The molecule has 0 saturated carbocycles. The highest BCUT2D eigenvalue weighted by molar-refractivity contribution is 5.80. The number of carbonyl (C=O) groups excluding carboxylic acids is 2. The van der Waals surface area contributed by atoms with E-state index in [2.05, 4.69) is 68.6 Å². The minimum atomic E-state index is -1.64. The second-order valence-electron chi connectivity index (χ2n) is 22.5. The molecule has 0 spiro atoms. The predicted molar refractivity (Wildman–Crippen MR) is 324 cm³/mol. The second-order valence-corrected chi connectivity index (χ2v) is 22.5. The lowest BCUT2D eigenvalue weighted by Crippen LogP contribution is -2.61. The van der Waals surface area contributed by atoms with Gasteiger partial charge in [0.2, 0.25) is 5.91 Å². The molecule has 1 rings (SSSR count). The topological polar surface area (TPSA) is 175 Å². The standard InChI is InChI=1S/C67H121NO10/c1-4-7-10-13-16-19-22-25-27-29-30-31-33-34-36-39-42-45-48-51-54-60(71)66(75)68-58(59(70)53-50-47-44-41-38-24-21-18-15-12-9-6-3)57-76-67-65(64(74)63(73)61(56-69)77-67)78-62(72)55-52-49-46-43-40-37-35-32-28-26-23-20-17-14-11-8-5-2/h17,20,26,28,35,37,43,46,50,53,58-61,63-65,67,69-71,73-74H,4-16,18-19,21-25,27,29-34,36,38-42,44-45,47-49,51-52,54-57H2,1-3H3,(H,68,75)/b20-17-,28-26-,37-35-,46-43-,53-50+. The van der Waals surface area contributed by atoms with Crippen LogP contribution in [0.25, 0.3) is 0 Å². The molecule has 0 aromatic heterocycles. The Kier molecular flexibility index (Phi) is 51.7. The Morgan fingerprint density at radius 1 is 0.500 bits per heavy atom.